The van der Waals surface area contributed by atoms with Crippen LogP contribution in [0.25, 0.3) is 10.8 Å². The van der Waals surface area contributed by atoms with Crippen LogP contribution < -0.4 is 5.32 Å². The van der Waals surface area contributed by atoms with Gasteiger partial charge in [-0.2, -0.15) is 0 Å². The van der Waals surface area contributed by atoms with Gasteiger partial charge in [0, 0.05) is 12.5 Å². The maximum atomic E-state index is 5.38. The maximum Gasteiger partial charge on any atom is 0.0243 e. The van der Waals surface area contributed by atoms with Gasteiger partial charge in [-0.25, -0.2) is 0 Å². The lowest BCUT2D eigenvalue weighted by Gasteiger charge is -2.14. The molecule has 0 aromatic heterocycles. The van der Waals surface area contributed by atoms with Crippen molar-refractivity contribution in [1.29, 1.82) is 0 Å². The molecule has 2 rings (SSSR count). The Kier molecular flexibility index (Phi) is 3.80. The van der Waals surface area contributed by atoms with Crippen LogP contribution in [0.1, 0.15) is 12.0 Å². The first-order chi connectivity index (χ1) is 8.35. The first kappa shape index (κ1) is 11.7. The summed E-state index contributed by atoms with van der Waals surface area (Å²) in [6, 6.07) is 15.3. The zero-order valence-corrected chi connectivity index (χ0v) is 10.1. The lowest BCUT2D eigenvalue weighted by molar-refractivity contribution is 0.575. The standard InChI is InChI=1S/C16H17N/c1-3-7-15(17-2)12-14-10-6-9-13-8-4-5-11-16(13)14/h1,4-6,8-11,15,17H,7,12H2,2H3. The molecule has 0 saturated heterocycles. The summed E-state index contributed by atoms with van der Waals surface area (Å²) in [6.07, 6.45) is 7.12. The minimum absolute atomic E-state index is 0.353. The van der Waals surface area contributed by atoms with Crippen LogP contribution in [-0.2, 0) is 6.42 Å². The number of rotatable bonds is 4. The second-order valence-corrected chi connectivity index (χ2v) is 4.24. The monoisotopic (exact) mass is 223 g/mol. The van der Waals surface area contributed by atoms with Gasteiger partial charge in [0.05, 0.1) is 0 Å². The normalized spacial score (nSPS) is 12.2. The van der Waals surface area contributed by atoms with Crippen molar-refractivity contribution in [3.63, 3.8) is 0 Å². The fourth-order valence-electron chi connectivity index (χ4n) is 2.15. The number of nitrogens with one attached hydrogen (secondary N) is 1. The molecule has 0 aliphatic rings. The Labute approximate surface area is 103 Å². The van der Waals surface area contributed by atoms with Gasteiger partial charge in [0.1, 0.15) is 0 Å². The molecule has 0 amide bonds. The summed E-state index contributed by atoms with van der Waals surface area (Å²) in [7, 11) is 1.97. The van der Waals surface area contributed by atoms with E-state index in [1.807, 2.05) is 7.05 Å². The third-order valence-electron chi connectivity index (χ3n) is 3.12. The highest BCUT2D eigenvalue weighted by Crippen LogP contribution is 2.20. The third-order valence-corrected chi connectivity index (χ3v) is 3.12. The number of fused-ring (bicyclic) bond motifs is 1. The molecule has 1 nitrogen and oxygen atoms in total. The van der Waals surface area contributed by atoms with Gasteiger partial charge < -0.3 is 5.32 Å². The van der Waals surface area contributed by atoms with Crippen LogP contribution in [0, 0.1) is 12.3 Å². The molecule has 17 heavy (non-hydrogen) atoms. The van der Waals surface area contributed by atoms with Crippen molar-refractivity contribution >= 4 is 10.8 Å². The first-order valence-corrected chi connectivity index (χ1v) is 5.92. The Morgan fingerprint density at radius 2 is 1.94 bits per heavy atom. The third kappa shape index (κ3) is 2.67. The van der Waals surface area contributed by atoms with Crippen LogP contribution in [0.15, 0.2) is 42.5 Å². The lowest BCUT2D eigenvalue weighted by Crippen LogP contribution is -2.27. The van der Waals surface area contributed by atoms with Gasteiger partial charge in [0.2, 0.25) is 0 Å². The van der Waals surface area contributed by atoms with E-state index in [9.17, 15) is 0 Å². The summed E-state index contributed by atoms with van der Waals surface area (Å²) in [4.78, 5) is 0. The van der Waals surface area contributed by atoms with Crippen molar-refractivity contribution in [1.82, 2.24) is 5.32 Å². The average molecular weight is 223 g/mol. The van der Waals surface area contributed by atoms with Gasteiger partial charge in [-0.1, -0.05) is 42.5 Å². The molecule has 0 spiro atoms. The number of benzene rings is 2. The van der Waals surface area contributed by atoms with E-state index in [2.05, 4.69) is 53.7 Å². The molecule has 1 atom stereocenters. The predicted octanol–water partition coefficient (Wildman–Crippen LogP) is 2.99. The average Bonchev–Trinajstić information content (AvgIpc) is 2.38. The van der Waals surface area contributed by atoms with Crippen molar-refractivity contribution in [2.24, 2.45) is 0 Å². The molecule has 1 heteroatoms. The number of terminal acetylenes is 1. The highest BCUT2D eigenvalue weighted by atomic mass is 14.9. The Bertz CT molecular complexity index is 531. The van der Waals surface area contributed by atoms with Crippen molar-refractivity contribution in [3.05, 3.63) is 48.0 Å². The molecule has 1 unspecified atom stereocenters. The molecule has 2 aromatic rings. The zero-order valence-electron chi connectivity index (χ0n) is 10.1. The summed E-state index contributed by atoms with van der Waals surface area (Å²) in [5, 5.41) is 5.89. The molecule has 0 fully saturated rings. The van der Waals surface area contributed by atoms with Crippen LogP contribution in [-0.4, -0.2) is 13.1 Å². The predicted molar refractivity (Wildman–Crippen MR) is 73.9 cm³/mol. The van der Waals surface area contributed by atoms with Crippen molar-refractivity contribution in [3.8, 4) is 12.3 Å². The van der Waals surface area contributed by atoms with Gasteiger partial charge in [-0.3, -0.25) is 0 Å². The highest BCUT2D eigenvalue weighted by Gasteiger charge is 2.07. The quantitative estimate of drug-likeness (QED) is 0.786. The fourth-order valence-corrected chi connectivity index (χ4v) is 2.15. The second-order valence-electron chi connectivity index (χ2n) is 4.24. The van der Waals surface area contributed by atoms with Gasteiger partial charge in [0.15, 0.2) is 0 Å². The smallest absolute Gasteiger partial charge is 0.0243 e. The van der Waals surface area contributed by atoms with Crippen molar-refractivity contribution in [2.75, 3.05) is 7.05 Å². The van der Waals surface area contributed by atoms with Crippen LogP contribution in [0.3, 0.4) is 0 Å². The van der Waals surface area contributed by atoms with Crippen molar-refractivity contribution < 1.29 is 0 Å². The summed E-state index contributed by atoms with van der Waals surface area (Å²) in [5.41, 5.74) is 1.36. The SMILES string of the molecule is C#CCC(Cc1cccc2ccccc12)NC. The van der Waals surface area contributed by atoms with E-state index >= 15 is 0 Å². The Hall–Kier alpha value is -1.78. The highest BCUT2D eigenvalue weighted by molar-refractivity contribution is 5.85. The largest absolute Gasteiger partial charge is 0.316 e. The fraction of sp³-hybridized carbons (Fsp3) is 0.250. The minimum atomic E-state index is 0.353. The molecule has 0 aliphatic carbocycles. The molecule has 2 aromatic carbocycles. The summed E-state index contributed by atoms with van der Waals surface area (Å²) < 4.78 is 0. The Morgan fingerprint density at radius 3 is 2.71 bits per heavy atom. The van der Waals surface area contributed by atoms with E-state index in [4.69, 9.17) is 6.42 Å². The van der Waals surface area contributed by atoms with E-state index in [1.54, 1.807) is 0 Å². The summed E-state index contributed by atoms with van der Waals surface area (Å²) in [6.45, 7) is 0. The van der Waals surface area contributed by atoms with E-state index in [1.165, 1.54) is 16.3 Å². The van der Waals surface area contributed by atoms with Gasteiger partial charge in [-0.05, 0) is 29.8 Å². The molecule has 0 bridgehead atoms. The summed E-state index contributed by atoms with van der Waals surface area (Å²) >= 11 is 0. The van der Waals surface area contributed by atoms with E-state index in [0.29, 0.717) is 6.04 Å². The Morgan fingerprint density at radius 1 is 1.18 bits per heavy atom. The summed E-state index contributed by atoms with van der Waals surface area (Å²) in [5.74, 6) is 2.72. The van der Waals surface area contributed by atoms with Crippen LogP contribution >= 0.6 is 0 Å². The van der Waals surface area contributed by atoms with E-state index in [0.717, 1.165) is 12.8 Å². The minimum Gasteiger partial charge on any atom is -0.316 e. The van der Waals surface area contributed by atoms with Crippen LogP contribution in [0.2, 0.25) is 0 Å². The van der Waals surface area contributed by atoms with Gasteiger partial charge >= 0.3 is 0 Å². The van der Waals surface area contributed by atoms with Gasteiger partial charge in [0.25, 0.3) is 0 Å². The topological polar surface area (TPSA) is 12.0 Å². The molecule has 0 saturated carbocycles. The first-order valence-electron chi connectivity index (χ1n) is 5.92. The second kappa shape index (κ2) is 5.52. The molecular formula is C16H17N. The van der Waals surface area contributed by atoms with Crippen molar-refractivity contribution in [2.45, 2.75) is 18.9 Å². The maximum absolute atomic E-state index is 5.38. The zero-order chi connectivity index (χ0) is 12.1. The number of likely N-dealkylation sites (N-methyl/N-ethyl adjacent to an activating group) is 1. The lowest BCUT2D eigenvalue weighted by atomic mass is 9.98. The molecule has 0 radical (unpaired) electrons. The molecule has 86 valence electrons. The Balaban J connectivity index is 2.32. The number of hydrogen-bond acceptors (Lipinski definition) is 1. The molecule has 1 N–H and O–H groups in total. The van der Waals surface area contributed by atoms with Crippen LogP contribution in [0.5, 0.6) is 0 Å². The van der Waals surface area contributed by atoms with Gasteiger partial charge in [-0.15, -0.1) is 12.3 Å². The molecule has 0 heterocycles. The van der Waals surface area contributed by atoms with E-state index < -0.39 is 0 Å². The van der Waals surface area contributed by atoms with E-state index in [-0.39, 0.29) is 0 Å². The molecular weight excluding hydrogens is 206 g/mol. The van der Waals surface area contributed by atoms with Crippen LogP contribution in [0.4, 0.5) is 0 Å². The number of hydrogen-bond donors (Lipinski definition) is 1. The molecule has 0 aliphatic heterocycles.